The summed E-state index contributed by atoms with van der Waals surface area (Å²) in [5.41, 5.74) is 1.05. The fourth-order valence-electron chi connectivity index (χ4n) is 5.89. The second kappa shape index (κ2) is 6.84. The molecule has 2 saturated heterocycles. The number of fused-ring (bicyclic) bond motifs is 2. The highest BCUT2D eigenvalue weighted by Gasteiger charge is 2.51. The van der Waals surface area contributed by atoms with E-state index in [-0.39, 0.29) is 22.8 Å². The Balaban J connectivity index is 1.52. The zero-order chi connectivity index (χ0) is 20.2. The van der Waals surface area contributed by atoms with Gasteiger partial charge in [-0.3, -0.25) is 4.79 Å². The van der Waals surface area contributed by atoms with Crippen molar-refractivity contribution in [3.63, 3.8) is 0 Å². The lowest BCUT2D eigenvalue weighted by atomic mass is 9.65. The molecule has 6 heteroatoms. The number of piperidine rings is 1. The summed E-state index contributed by atoms with van der Waals surface area (Å²) in [4.78, 5) is 15.5. The maximum Gasteiger partial charge on any atom is 0.254 e. The molecule has 1 aromatic rings. The average Bonchev–Trinajstić information content (AvgIpc) is 2.90. The molecule has 0 radical (unpaired) electrons. The number of hydrogen-bond donors (Lipinski definition) is 0. The van der Waals surface area contributed by atoms with E-state index < -0.39 is 10.0 Å². The molecule has 3 aliphatic rings. The highest BCUT2D eigenvalue weighted by molar-refractivity contribution is 7.89. The van der Waals surface area contributed by atoms with Crippen LogP contribution in [0.3, 0.4) is 0 Å². The van der Waals surface area contributed by atoms with Gasteiger partial charge in [0.25, 0.3) is 5.91 Å². The normalized spacial score (nSPS) is 30.4. The Labute approximate surface area is 169 Å². The van der Waals surface area contributed by atoms with Crippen molar-refractivity contribution < 1.29 is 13.2 Å². The van der Waals surface area contributed by atoms with Crippen LogP contribution in [0.5, 0.6) is 0 Å². The lowest BCUT2D eigenvalue weighted by Gasteiger charge is -2.39. The molecule has 2 aliphatic heterocycles. The molecule has 0 N–H and O–H groups in total. The SMILES string of the molecule is CC1(C)C[C@@H]2C[C@@](C)(CN2C(=O)c2ccc(S(=O)(=O)N3CCCCC3)cc2)C1. The minimum Gasteiger partial charge on any atom is -0.335 e. The van der Waals surface area contributed by atoms with Gasteiger partial charge in [0.15, 0.2) is 0 Å². The topological polar surface area (TPSA) is 57.7 Å². The maximum absolute atomic E-state index is 13.2. The fraction of sp³-hybridized carbons (Fsp3) is 0.682. The first-order chi connectivity index (χ1) is 13.1. The second-order valence-corrected chi connectivity index (χ2v) is 12.1. The van der Waals surface area contributed by atoms with Gasteiger partial charge in [-0.15, -0.1) is 0 Å². The first-order valence-corrected chi connectivity index (χ1v) is 12.0. The Morgan fingerprint density at radius 2 is 1.64 bits per heavy atom. The predicted octanol–water partition coefficient (Wildman–Crippen LogP) is 3.90. The van der Waals surface area contributed by atoms with E-state index in [0.29, 0.717) is 23.5 Å². The molecule has 2 bridgehead atoms. The monoisotopic (exact) mass is 404 g/mol. The van der Waals surface area contributed by atoms with E-state index in [0.717, 1.165) is 45.1 Å². The Hall–Kier alpha value is -1.40. The minimum atomic E-state index is -3.45. The summed E-state index contributed by atoms with van der Waals surface area (Å²) in [5, 5.41) is 0. The number of hydrogen-bond acceptors (Lipinski definition) is 3. The molecule has 154 valence electrons. The number of carbonyl (C=O) groups is 1. The molecule has 4 rings (SSSR count). The molecule has 2 atom stereocenters. The molecule has 28 heavy (non-hydrogen) atoms. The summed E-state index contributed by atoms with van der Waals surface area (Å²) in [5.74, 6) is 0.0355. The van der Waals surface area contributed by atoms with Gasteiger partial charge in [0.05, 0.1) is 4.90 Å². The molecule has 2 heterocycles. The summed E-state index contributed by atoms with van der Waals surface area (Å²) >= 11 is 0. The van der Waals surface area contributed by atoms with Crippen molar-refractivity contribution in [3.8, 4) is 0 Å². The van der Waals surface area contributed by atoms with Crippen molar-refractivity contribution in [2.45, 2.75) is 70.2 Å². The zero-order valence-corrected chi connectivity index (χ0v) is 18.1. The quantitative estimate of drug-likeness (QED) is 0.768. The van der Waals surface area contributed by atoms with Gasteiger partial charge in [-0.25, -0.2) is 8.42 Å². The smallest absolute Gasteiger partial charge is 0.254 e. The maximum atomic E-state index is 13.2. The predicted molar refractivity (Wildman–Crippen MR) is 110 cm³/mol. The van der Waals surface area contributed by atoms with Crippen molar-refractivity contribution in [1.29, 1.82) is 0 Å². The first-order valence-electron chi connectivity index (χ1n) is 10.5. The van der Waals surface area contributed by atoms with Gasteiger partial charge in [0, 0.05) is 31.2 Å². The third-order valence-corrected chi connectivity index (χ3v) is 8.64. The van der Waals surface area contributed by atoms with Crippen molar-refractivity contribution in [1.82, 2.24) is 9.21 Å². The van der Waals surface area contributed by atoms with Gasteiger partial charge >= 0.3 is 0 Å². The largest absolute Gasteiger partial charge is 0.335 e. The molecule has 0 unspecified atom stereocenters. The van der Waals surface area contributed by atoms with Crippen molar-refractivity contribution >= 4 is 15.9 Å². The van der Waals surface area contributed by atoms with Gasteiger partial charge in [0.1, 0.15) is 0 Å². The van der Waals surface area contributed by atoms with Crippen LogP contribution in [0, 0.1) is 10.8 Å². The van der Waals surface area contributed by atoms with Crippen LogP contribution in [0.1, 0.15) is 69.7 Å². The highest BCUT2D eigenvalue weighted by Crippen LogP contribution is 2.52. The van der Waals surface area contributed by atoms with Gasteiger partial charge in [-0.05, 0) is 67.2 Å². The lowest BCUT2D eigenvalue weighted by Crippen LogP contribution is -2.37. The van der Waals surface area contributed by atoms with Crippen molar-refractivity contribution in [3.05, 3.63) is 29.8 Å². The number of benzene rings is 1. The highest BCUT2D eigenvalue weighted by atomic mass is 32.2. The van der Waals surface area contributed by atoms with Crippen LogP contribution in [0.25, 0.3) is 0 Å². The summed E-state index contributed by atoms with van der Waals surface area (Å²) in [6, 6.07) is 6.87. The summed E-state index contributed by atoms with van der Waals surface area (Å²) < 4.78 is 27.2. The van der Waals surface area contributed by atoms with E-state index in [1.807, 2.05) is 4.90 Å². The minimum absolute atomic E-state index is 0.0355. The van der Waals surface area contributed by atoms with E-state index in [4.69, 9.17) is 0 Å². The van der Waals surface area contributed by atoms with Gasteiger partial charge in [-0.2, -0.15) is 4.31 Å². The average molecular weight is 405 g/mol. The Bertz CT molecular complexity index is 856. The van der Waals surface area contributed by atoms with E-state index in [9.17, 15) is 13.2 Å². The second-order valence-electron chi connectivity index (χ2n) is 10.1. The molecule has 1 aromatic carbocycles. The van der Waals surface area contributed by atoms with Crippen LogP contribution >= 0.6 is 0 Å². The van der Waals surface area contributed by atoms with Crippen LogP contribution in [0.4, 0.5) is 0 Å². The number of rotatable bonds is 3. The van der Waals surface area contributed by atoms with E-state index >= 15 is 0 Å². The third kappa shape index (κ3) is 3.61. The molecular formula is C22H32N2O3S. The molecule has 3 fully saturated rings. The van der Waals surface area contributed by atoms with E-state index in [1.54, 1.807) is 28.6 Å². The summed E-state index contributed by atoms with van der Waals surface area (Å²) in [6.45, 7) is 8.87. The Morgan fingerprint density at radius 1 is 1.00 bits per heavy atom. The number of carbonyl (C=O) groups excluding carboxylic acids is 1. The zero-order valence-electron chi connectivity index (χ0n) is 17.3. The van der Waals surface area contributed by atoms with Crippen LogP contribution < -0.4 is 0 Å². The number of amides is 1. The van der Waals surface area contributed by atoms with Crippen LogP contribution in [0.15, 0.2) is 29.2 Å². The Kier molecular flexibility index (Phi) is 4.86. The first kappa shape index (κ1) is 19.9. The number of sulfonamides is 1. The molecule has 1 amide bonds. The van der Waals surface area contributed by atoms with E-state index in [1.165, 1.54) is 0 Å². The number of likely N-dealkylation sites (tertiary alicyclic amines) is 1. The summed E-state index contributed by atoms with van der Waals surface area (Å²) in [6.07, 6.45) is 6.18. The lowest BCUT2D eigenvalue weighted by molar-refractivity contribution is 0.0708. The van der Waals surface area contributed by atoms with Gasteiger partial charge < -0.3 is 4.90 Å². The van der Waals surface area contributed by atoms with Gasteiger partial charge in [-0.1, -0.05) is 27.2 Å². The molecule has 0 spiro atoms. The molecule has 0 aromatic heterocycles. The van der Waals surface area contributed by atoms with Crippen LogP contribution in [-0.4, -0.2) is 49.2 Å². The van der Waals surface area contributed by atoms with E-state index in [2.05, 4.69) is 20.8 Å². The molecule has 1 aliphatic carbocycles. The fourth-order valence-corrected chi connectivity index (χ4v) is 7.40. The van der Waals surface area contributed by atoms with Crippen LogP contribution in [-0.2, 0) is 10.0 Å². The van der Waals surface area contributed by atoms with Crippen LogP contribution in [0.2, 0.25) is 0 Å². The number of nitrogens with zero attached hydrogens (tertiary/aromatic N) is 2. The Morgan fingerprint density at radius 3 is 2.29 bits per heavy atom. The third-order valence-electron chi connectivity index (χ3n) is 6.73. The van der Waals surface area contributed by atoms with Gasteiger partial charge in [0.2, 0.25) is 10.0 Å². The molecular weight excluding hydrogens is 372 g/mol. The van der Waals surface area contributed by atoms with Crippen molar-refractivity contribution in [2.75, 3.05) is 19.6 Å². The summed E-state index contributed by atoms with van der Waals surface area (Å²) in [7, 11) is -3.45. The molecule has 5 nitrogen and oxygen atoms in total. The molecule has 1 saturated carbocycles. The van der Waals surface area contributed by atoms with Crippen molar-refractivity contribution in [2.24, 2.45) is 10.8 Å². The standard InChI is InChI=1S/C22H32N2O3S/c1-21(2)13-18-14-22(3,15-21)16-24(18)20(25)17-7-9-19(10-8-17)28(26,27)23-11-5-4-6-12-23/h7-10,18H,4-6,11-16H2,1-3H3/t18-,22-/m1/s1.